The first-order valence-corrected chi connectivity index (χ1v) is 7.99. The minimum absolute atomic E-state index is 0.00277. The Morgan fingerprint density at radius 3 is 2.16 bits per heavy atom. The van der Waals surface area contributed by atoms with E-state index in [1.807, 2.05) is 18.2 Å². The number of aromatic carboxylic acids is 1. The molecule has 7 heteroatoms. The molecule has 0 radical (unpaired) electrons. The van der Waals surface area contributed by atoms with Gasteiger partial charge in [-0.25, -0.2) is 9.59 Å². The monoisotopic (exact) mass is 374 g/mol. The number of benzene rings is 3. The predicted molar refractivity (Wildman–Crippen MR) is 100 cm³/mol. The molecule has 2 amide bonds. The molecule has 0 saturated heterocycles. The summed E-state index contributed by atoms with van der Waals surface area (Å²) in [4.78, 5) is 23.7. The van der Waals surface area contributed by atoms with Crippen LogP contribution < -0.4 is 10.6 Å². The highest BCUT2D eigenvalue weighted by Crippen LogP contribution is 2.26. The molecule has 0 aromatic heterocycles. The molecular weight excluding hydrogens is 363 g/mol. The molecule has 0 saturated carbocycles. The Labute approximate surface area is 153 Å². The van der Waals surface area contributed by atoms with Crippen molar-refractivity contribution in [2.45, 2.75) is 0 Å². The van der Waals surface area contributed by atoms with Crippen LogP contribution in [0.5, 0.6) is 0 Å². The molecule has 3 aromatic rings. The first-order valence-electron chi connectivity index (χ1n) is 7.23. The van der Waals surface area contributed by atoms with Crippen LogP contribution in [0.3, 0.4) is 0 Å². The number of urea groups is 1. The second kappa shape index (κ2) is 7.01. The Bertz CT molecular complexity index is 989. The Kier molecular flexibility index (Phi) is 4.79. The fraction of sp³-hybridized carbons (Fsp3) is 0. The van der Waals surface area contributed by atoms with E-state index < -0.39 is 12.0 Å². The lowest BCUT2D eigenvalue weighted by molar-refractivity contribution is 0.0698. The van der Waals surface area contributed by atoms with Gasteiger partial charge in [0.25, 0.3) is 0 Å². The Balaban J connectivity index is 1.88. The van der Waals surface area contributed by atoms with E-state index in [1.165, 1.54) is 12.1 Å². The zero-order chi connectivity index (χ0) is 18.0. The van der Waals surface area contributed by atoms with Gasteiger partial charge in [-0.15, -0.1) is 0 Å². The van der Waals surface area contributed by atoms with Crippen LogP contribution in [0.25, 0.3) is 10.8 Å². The first-order chi connectivity index (χ1) is 11.9. The van der Waals surface area contributed by atoms with Crippen LogP contribution in [0, 0.1) is 0 Å². The van der Waals surface area contributed by atoms with Gasteiger partial charge in [0.15, 0.2) is 0 Å². The summed E-state index contributed by atoms with van der Waals surface area (Å²) in [6.45, 7) is 0. The van der Waals surface area contributed by atoms with Gasteiger partial charge in [-0.1, -0.05) is 47.5 Å². The number of amides is 2. The number of halogens is 2. The van der Waals surface area contributed by atoms with E-state index in [2.05, 4.69) is 10.6 Å². The quantitative estimate of drug-likeness (QED) is 0.567. The smallest absolute Gasteiger partial charge is 0.337 e. The lowest BCUT2D eigenvalue weighted by Crippen LogP contribution is -2.21. The second-order valence-electron chi connectivity index (χ2n) is 5.26. The number of rotatable bonds is 3. The van der Waals surface area contributed by atoms with Gasteiger partial charge in [0.2, 0.25) is 0 Å². The summed E-state index contributed by atoms with van der Waals surface area (Å²) in [5.41, 5.74) is 0.635. The zero-order valence-corrected chi connectivity index (χ0v) is 14.2. The van der Waals surface area contributed by atoms with Crippen molar-refractivity contribution in [3.8, 4) is 0 Å². The molecule has 0 atom stereocenters. The lowest BCUT2D eigenvalue weighted by Gasteiger charge is -2.12. The van der Waals surface area contributed by atoms with Gasteiger partial charge in [0.05, 0.1) is 21.3 Å². The van der Waals surface area contributed by atoms with E-state index >= 15 is 0 Å². The van der Waals surface area contributed by atoms with Crippen LogP contribution in [-0.4, -0.2) is 17.1 Å². The molecule has 0 heterocycles. The Morgan fingerprint density at radius 1 is 0.840 bits per heavy atom. The average molecular weight is 375 g/mol. The number of fused-ring (bicyclic) bond motifs is 1. The molecular formula is C18H12Cl2N2O3. The molecule has 126 valence electrons. The van der Waals surface area contributed by atoms with Gasteiger partial charge in [0, 0.05) is 5.69 Å². The third-order valence-electron chi connectivity index (χ3n) is 3.54. The van der Waals surface area contributed by atoms with Crippen LogP contribution in [0.1, 0.15) is 10.4 Å². The van der Waals surface area contributed by atoms with Gasteiger partial charge in [-0.2, -0.15) is 0 Å². The largest absolute Gasteiger partial charge is 0.478 e. The first kappa shape index (κ1) is 17.1. The summed E-state index contributed by atoms with van der Waals surface area (Å²) in [6.07, 6.45) is 0. The number of hydrogen-bond donors (Lipinski definition) is 3. The molecule has 5 nitrogen and oxygen atoms in total. The summed E-state index contributed by atoms with van der Waals surface area (Å²) < 4.78 is 0. The number of carbonyl (C=O) groups excluding carboxylic acids is 1. The minimum Gasteiger partial charge on any atom is -0.478 e. The summed E-state index contributed by atoms with van der Waals surface area (Å²) in [6, 6.07) is 14.5. The highest BCUT2D eigenvalue weighted by Gasteiger charge is 2.14. The van der Waals surface area contributed by atoms with Crippen molar-refractivity contribution in [2.75, 3.05) is 10.6 Å². The minimum atomic E-state index is -1.13. The summed E-state index contributed by atoms with van der Waals surface area (Å²) >= 11 is 11.7. The third kappa shape index (κ3) is 3.84. The van der Waals surface area contributed by atoms with Crippen LogP contribution in [0.4, 0.5) is 16.2 Å². The van der Waals surface area contributed by atoms with Gasteiger partial charge in [-0.05, 0) is 41.1 Å². The van der Waals surface area contributed by atoms with Crippen molar-refractivity contribution in [1.82, 2.24) is 0 Å². The van der Waals surface area contributed by atoms with E-state index in [0.29, 0.717) is 15.7 Å². The van der Waals surface area contributed by atoms with E-state index in [-0.39, 0.29) is 11.3 Å². The van der Waals surface area contributed by atoms with Crippen molar-refractivity contribution >= 4 is 57.3 Å². The molecule has 25 heavy (non-hydrogen) atoms. The van der Waals surface area contributed by atoms with Crippen LogP contribution >= 0.6 is 23.2 Å². The number of carbonyl (C=O) groups is 2. The maximum atomic E-state index is 12.2. The molecule has 0 fully saturated rings. The lowest BCUT2D eigenvalue weighted by atomic mass is 10.0. The van der Waals surface area contributed by atoms with Gasteiger partial charge in [-0.3, -0.25) is 0 Å². The number of carboxylic acid groups (broad SMARTS) is 1. The van der Waals surface area contributed by atoms with E-state index in [1.54, 1.807) is 24.3 Å². The van der Waals surface area contributed by atoms with Crippen LogP contribution in [0.2, 0.25) is 10.0 Å². The van der Waals surface area contributed by atoms with Gasteiger partial charge >= 0.3 is 12.0 Å². The SMILES string of the molecule is O=C(Nc1ccc(Cl)c(Cl)c1)Nc1cc2ccccc2cc1C(=O)O. The van der Waals surface area contributed by atoms with Gasteiger partial charge < -0.3 is 15.7 Å². The highest BCUT2D eigenvalue weighted by atomic mass is 35.5. The van der Waals surface area contributed by atoms with Crippen molar-refractivity contribution in [2.24, 2.45) is 0 Å². The maximum Gasteiger partial charge on any atom is 0.337 e. The van der Waals surface area contributed by atoms with E-state index in [4.69, 9.17) is 23.2 Å². The maximum absolute atomic E-state index is 12.2. The van der Waals surface area contributed by atoms with Crippen molar-refractivity contribution < 1.29 is 14.7 Å². The molecule has 0 bridgehead atoms. The standard InChI is InChI=1S/C18H12Cl2N2O3/c19-14-6-5-12(9-15(14)20)21-18(25)22-16-8-11-4-2-1-3-10(11)7-13(16)17(23)24/h1-9H,(H,23,24)(H2,21,22,25). The molecule has 0 aliphatic carbocycles. The molecule has 3 rings (SSSR count). The molecule has 0 aliphatic rings. The van der Waals surface area contributed by atoms with Crippen molar-refractivity contribution in [1.29, 1.82) is 0 Å². The van der Waals surface area contributed by atoms with Crippen LogP contribution in [-0.2, 0) is 0 Å². The molecule has 3 aromatic carbocycles. The Hall–Kier alpha value is -2.76. The van der Waals surface area contributed by atoms with E-state index in [9.17, 15) is 14.7 Å². The number of anilines is 2. The fourth-order valence-electron chi connectivity index (χ4n) is 2.38. The summed E-state index contributed by atoms with van der Waals surface area (Å²) in [5, 5.41) is 16.8. The number of carboxylic acids is 1. The normalized spacial score (nSPS) is 10.5. The zero-order valence-electron chi connectivity index (χ0n) is 12.7. The number of nitrogens with one attached hydrogen (secondary N) is 2. The predicted octanol–water partition coefficient (Wildman–Crippen LogP) is 5.49. The highest BCUT2D eigenvalue weighted by molar-refractivity contribution is 6.42. The van der Waals surface area contributed by atoms with Crippen LogP contribution in [0.15, 0.2) is 54.6 Å². The summed E-state index contributed by atoms with van der Waals surface area (Å²) in [7, 11) is 0. The molecule has 0 unspecified atom stereocenters. The Morgan fingerprint density at radius 2 is 1.52 bits per heavy atom. The van der Waals surface area contributed by atoms with Crippen molar-refractivity contribution in [3.63, 3.8) is 0 Å². The molecule has 3 N–H and O–H groups in total. The summed E-state index contributed by atoms with van der Waals surface area (Å²) in [5.74, 6) is -1.13. The molecule has 0 spiro atoms. The average Bonchev–Trinajstić information content (AvgIpc) is 2.57. The topological polar surface area (TPSA) is 78.4 Å². The van der Waals surface area contributed by atoms with Gasteiger partial charge in [0.1, 0.15) is 0 Å². The second-order valence-corrected chi connectivity index (χ2v) is 6.07. The fourth-order valence-corrected chi connectivity index (χ4v) is 2.68. The number of hydrogen-bond acceptors (Lipinski definition) is 2. The molecule has 0 aliphatic heterocycles. The van der Waals surface area contributed by atoms with E-state index in [0.717, 1.165) is 10.8 Å². The third-order valence-corrected chi connectivity index (χ3v) is 4.28. The van der Waals surface area contributed by atoms with Crippen molar-refractivity contribution in [3.05, 3.63) is 70.2 Å².